The fourth-order valence-electron chi connectivity index (χ4n) is 3.72. The van der Waals surface area contributed by atoms with Crippen molar-refractivity contribution in [1.29, 1.82) is 0 Å². The highest BCUT2D eigenvalue weighted by molar-refractivity contribution is 5.92. The van der Waals surface area contributed by atoms with Crippen LogP contribution in [0.3, 0.4) is 0 Å². The summed E-state index contributed by atoms with van der Waals surface area (Å²) in [4.78, 5) is 26.8. The number of aryl methyl sites for hydroxylation is 1. The van der Waals surface area contributed by atoms with Gasteiger partial charge in [-0.25, -0.2) is 0 Å². The Balaban J connectivity index is 1.38. The Labute approximate surface area is 183 Å². The zero-order chi connectivity index (χ0) is 22.1. The summed E-state index contributed by atoms with van der Waals surface area (Å²) in [5.74, 6) is 1.25. The normalized spacial score (nSPS) is 14.6. The Morgan fingerprint density at radius 1 is 0.968 bits per heavy atom. The molecule has 166 valence electrons. The first-order valence-corrected chi connectivity index (χ1v) is 10.6. The van der Waals surface area contributed by atoms with Gasteiger partial charge in [0.1, 0.15) is 11.5 Å². The summed E-state index contributed by atoms with van der Waals surface area (Å²) < 4.78 is 10.5. The Kier molecular flexibility index (Phi) is 8.29. The summed E-state index contributed by atoms with van der Waals surface area (Å²) in [6.45, 7) is 1.87. The largest absolute Gasteiger partial charge is 0.497 e. The van der Waals surface area contributed by atoms with Crippen molar-refractivity contribution >= 4 is 17.5 Å². The molecule has 0 unspecified atom stereocenters. The Morgan fingerprint density at radius 3 is 2.23 bits per heavy atom. The van der Waals surface area contributed by atoms with E-state index >= 15 is 0 Å². The molecule has 1 fully saturated rings. The van der Waals surface area contributed by atoms with Crippen LogP contribution >= 0.6 is 0 Å². The standard InChI is InChI=1S/C24H31N3O4/c1-30-21-14-20(15-22(16-21)31-2)26-24(29)17-27-12-10-19(11-13-27)25-23(28)9-8-18-6-4-3-5-7-18/h3-7,14-16,19H,8-13,17H2,1-2H3,(H,25,28)(H,26,29). The Bertz CT molecular complexity index is 842. The summed E-state index contributed by atoms with van der Waals surface area (Å²) in [5, 5.41) is 6.04. The summed E-state index contributed by atoms with van der Waals surface area (Å²) in [6, 6.07) is 15.5. The number of nitrogens with zero attached hydrogens (tertiary/aromatic N) is 1. The maximum Gasteiger partial charge on any atom is 0.238 e. The molecule has 1 aliphatic heterocycles. The van der Waals surface area contributed by atoms with Crippen molar-refractivity contribution in [2.75, 3.05) is 39.2 Å². The van der Waals surface area contributed by atoms with E-state index in [1.807, 2.05) is 30.3 Å². The molecule has 2 amide bonds. The molecule has 0 atom stereocenters. The molecule has 0 radical (unpaired) electrons. The predicted octanol–water partition coefficient (Wildman–Crippen LogP) is 2.86. The van der Waals surface area contributed by atoms with E-state index in [9.17, 15) is 9.59 Å². The first-order valence-electron chi connectivity index (χ1n) is 10.6. The molecule has 3 rings (SSSR count). The minimum Gasteiger partial charge on any atom is -0.497 e. The number of anilines is 1. The monoisotopic (exact) mass is 425 g/mol. The molecule has 1 aliphatic rings. The molecule has 2 aromatic carbocycles. The van der Waals surface area contributed by atoms with Gasteiger partial charge in [0.05, 0.1) is 20.8 Å². The lowest BCUT2D eigenvalue weighted by molar-refractivity contribution is -0.122. The van der Waals surface area contributed by atoms with Crippen molar-refractivity contribution in [2.45, 2.75) is 31.7 Å². The van der Waals surface area contributed by atoms with E-state index in [0.29, 0.717) is 30.2 Å². The third-order valence-electron chi connectivity index (χ3n) is 5.44. The van der Waals surface area contributed by atoms with E-state index in [4.69, 9.17) is 9.47 Å². The first kappa shape index (κ1) is 22.6. The number of carbonyl (C=O) groups excluding carboxylic acids is 2. The van der Waals surface area contributed by atoms with E-state index in [1.165, 1.54) is 5.56 Å². The third kappa shape index (κ3) is 7.29. The summed E-state index contributed by atoms with van der Waals surface area (Å²) in [5.41, 5.74) is 1.81. The van der Waals surface area contributed by atoms with E-state index in [1.54, 1.807) is 32.4 Å². The second-order valence-corrected chi connectivity index (χ2v) is 7.75. The van der Waals surface area contributed by atoms with E-state index in [-0.39, 0.29) is 17.9 Å². The van der Waals surface area contributed by atoms with Crippen LogP contribution in [0.25, 0.3) is 0 Å². The van der Waals surface area contributed by atoms with Gasteiger partial charge < -0.3 is 20.1 Å². The Hall–Kier alpha value is -3.06. The number of methoxy groups -OCH3 is 2. The van der Waals surface area contributed by atoms with Gasteiger partial charge in [-0.2, -0.15) is 0 Å². The molecule has 0 aliphatic carbocycles. The molecule has 0 bridgehead atoms. The molecule has 0 saturated carbocycles. The van der Waals surface area contributed by atoms with Gasteiger partial charge in [0, 0.05) is 49.4 Å². The summed E-state index contributed by atoms with van der Waals surface area (Å²) >= 11 is 0. The van der Waals surface area contributed by atoms with Crippen LogP contribution in [0.4, 0.5) is 5.69 Å². The fraction of sp³-hybridized carbons (Fsp3) is 0.417. The van der Waals surface area contributed by atoms with Crippen molar-refractivity contribution in [2.24, 2.45) is 0 Å². The molecule has 1 heterocycles. The number of likely N-dealkylation sites (tertiary alicyclic amines) is 1. The molecular formula is C24H31N3O4. The number of hydrogen-bond acceptors (Lipinski definition) is 5. The molecule has 1 saturated heterocycles. The molecule has 7 heteroatoms. The number of ether oxygens (including phenoxy) is 2. The van der Waals surface area contributed by atoms with Gasteiger partial charge in [0.15, 0.2) is 0 Å². The SMILES string of the molecule is COc1cc(NC(=O)CN2CCC(NC(=O)CCc3ccccc3)CC2)cc(OC)c1. The highest BCUT2D eigenvalue weighted by Crippen LogP contribution is 2.25. The van der Waals surface area contributed by atoms with Gasteiger partial charge in [-0.3, -0.25) is 14.5 Å². The number of carbonyl (C=O) groups is 2. The van der Waals surface area contributed by atoms with Crippen molar-refractivity contribution in [3.8, 4) is 11.5 Å². The minimum atomic E-state index is -0.0827. The maximum atomic E-state index is 12.5. The molecule has 2 N–H and O–H groups in total. The third-order valence-corrected chi connectivity index (χ3v) is 5.44. The van der Waals surface area contributed by atoms with E-state index in [0.717, 1.165) is 32.4 Å². The van der Waals surface area contributed by atoms with Crippen molar-refractivity contribution in [3.63, 3.8) is 0 Å². The lowest BCUT2D eigenvalue weighted by Crippen LogP contribution is -2.46. The molecule has 0 aromatic heterocycles. The van der Waals surface area contributed by atoms with Gasteiger partial charge in [-0.1, -0.05) is 30.3 Å². The molecular weight excluding hydrogens is 394 g/mol. The number of piperidine rings is 1. The lowest BCUT2D eigenvalue weighted by atomic mass is 10.0. The average Bonchev–Trinajstić information content (AvgIpc) is 2.79. The smallest absolute Gasteiger partial charge is 0.238 e. The minimum absolute atomic E-state index is 0.0827. The van der Waals surface area contributed by atoms with Crippen molar-refractivity contribution in [3.05, 3.63) is 54.1 Å². The van der Waals surface area contributed by atoms with Crippen LogP contribution in [-0.4, -0.2) is 56.6 Å². The van der Waals surface area contributed by atoms with Gasteiger partial charge in [0.2, 0.25) is 11.8 Å². The quantitative estimate of drug-likeness (QED) is 0.646. The van der Waals surface area contributed by atoms with Gasteiger partial charge >= 0.3 is 0 Å². The number of benzene rings is 2. The number of hydrogen-bond donors (Lipinski definition) is 2. The van der Waals surface area contributed by atoms with Crippen LogP contribution in [0.1, 0.15) is 24.8 Å². The van der Waals surface area contributed by atoms with Crippen molar-refractivity contribution in [1.82, 2.24) is 10.2 Å². The second kappa shape index (κ2) is 11.4. The average molecular weight is 426 g/mol. The molecule has 31 heavy (non-hydrogen) atoms. The van der Waals surface area contributed by atoms with Crippen LogP contribution in [0.15, 0.2) is 48.5 Å². The van der Waals surface area contributed by atoms with Crippen LogP contribution in [-0.2, 0) is 16.0 Å². The summed E-state index contributed by atoms with van der Waals surface area (Å²) in [6.07, 6.45) is 2.94. The molecule has 0 spiro atoms. The van der Waals surface area contributed by atoms with Crippen LogP contribution in [0.2, 0.25) is 0 Å². The highest BCUT2D eigenvalue weighted by atomic mass is 16.5. The second-order valence-electron chi connectivity index (χ2n) is 7.75. The van der Waals surface area contributed by atoms with Crippen LogP contribution in [0, 0.1) is 0 Å². The van der Waals surface area contributed by atoms with E-state index < -0.39 is 0 Å². The zero-order valence-corrected chi connectivity index (χ0v) is 18.2. The first-order chi connectivity index (χ1) is 15.1. The maximum absolute atomic E-state index is 12.5. The number of nitrogens with one attached hydrogen (secondary N) is 2. The summed E-state index contributed by atoms with van der Waals surface area (Å²) in [7, 11) is 3.15. The van der Waals surface area contributed by atoms with Gasteiger partial charge in [0.25, 0.3) is 0 Å². The number of rotatable bonds is 9. The highest BCUT2D eigenvalue weighted by Gasteiger charge is 2.22. The zero-order valence-electron chi connectivity index (χ0n) is 18.2. The van der Waals surface area contributed by atoms with Gasteiger partial charge in [-0.05, 0) is 24.8 Å². The van der Waals surface area contributed by atoms with E-state index in [2.05, 4.69) is 15.5 Å². The molecule has 7 nitrogen and oxygen atoms in total. The number of amides is 2. The van der Waals surface area contributed by atoms with Gasteiger partial charge in [-0.15, -0.1) is 0 Å². The van der Waals surface area contributed by atoms with Crippen LogP contribution in [0.5, 0.6) is 11.5 Å². The predicted molar refractivity (Wildman–Crippen MR) is 121 cm³/mol. The van der Waals surface area contributed by atoms with Crippen LogP contribution < -0.4 is 20.1 Å². The lowest BCUT2D eigenvalue weighted by Gasteiger charge is -2.31. The topological polar surface area (TPSA) is 79.9 Å². The van der Waals surface area contributed by atoms with Crippen molar-refractivity contribution < 1.29 is 19.1 Å². The Morgan fingerprint density at radius 2 is 1.61 bits per heavy atom. The fourth-order valence-corrected chi connectivity index (χ4v) is 3.72. The molecule has 2 aromatic rings.